The standard InChI is InChI=1S/C11H11F2NO4S/c1-6(5-9(15)18-2)19-11-8(14(16)17)4-3-7(12)10(11)13/h3-4,6H,5H2,1-2H3. The summed E-state index contributed by atoms with van der Waals surface area (Å²) in [5, 5.41) is 10.3. The van der Waals surface area contributed by atoms with Crippen LogP contribution in [0.1, 0.15) is 13.3 Å². The molecule has 1 atom stereocenters. The predicted octanol–water partition coefficient (Wildman–Crippen LogP) is 2.92. The molecule has 8 heteroatoms. The topological polar surface area (TPSA) is 69.4 Å². The molecule has 1 aromatic rings. The van der Waals surface area contributed by atoms with Crippen molar-refractivity contribution >= 4 is 23.4 Å². The van der Waals surface area contributed by atoms with Gasteiger partial charge in [0.25, 0.3) is 5.69 Å². The number of methoxy groups -OCH3 is 1. The Morgan fingerprint density at radius 2 is 2.16 bits per heavy atom. The zero-order valence-electron chi connectivity index (χ0n) is 10.2. The van der Waals surface area contributed by atoms with Crippen molar-refractivity contribution in [1.82, 2.24) is 0 Å². The number of nitrogens with zero attached hydrogens (tertiary/aromatic N) is 1. The number of ether oxygens (including phenoxy) is 1. The van der Waals surface area contributed by atoms with Crippen LogP contribution in [0.3, 0.4) is 0 Å². The van der Waals surface area contributed by atoms with Crippen molar-refractivity contribution in [3.8, 4) is 0 Å². The minimum Gasteiger partial charge on any atom is -0.469 e. The first-order valence-corrected chi connectivity index (χ1v) is 6.10. The lowest BCUT2D eigenvalue weighted by atomic mass is 10.3. The van der Waals surface area contributed by atoms with Crippen LogP contribution in [-0.4, -0.2) is 23.3 Å². The lowest BCUT2D eigenvalue weighted by Crippen LogP contribution is -2.09. The van der Waals surface area contributed by atoms with Crippen molar-refractivity contribution in [2.24, 2.45) is 0 Å². The average molecular weight is 291 g/mol. The third-order valence-corrected chi connectivity index (χ3v) is 3.42. The molecule has 0 saturated heterocycles. The molecule has 0 N–H and O–H groups in total. The van der Waals surface area contributed by atoms with Crippen molar-refractivity contribution in [2.75, 3.05) is 7.11 Å². The van der Waals surface area contributed by atoms with Gasteiger partial charge in [-0.05, 0) is 6.07 Å². The second kappa shape index (κ2) is 6.46. The molecule has 1 aromatic carbocycles. The third-order valence-electron chi connectivity index (χ3n) is 2.23. The molecule has 0 amide bonds. The minimum absolute atomic E-state index is 0.0612. The second-order valence-electron chi connectivity index (χ2n) is 3.68. The highest BCUT2D eigenvalue weighted by atomic mass is 32.2. The van der Waals surface area contributed by atoms with Crippen LogP contribution in [0.4, 0.5) is 14.5 Å². The zero-order valence-corrected chi connectivity index (χ0v) is 11.0. The molecule has 0 saturated carbocycles. The highest BCUT2D eigenvalue weighted by Gasteiger charge is 2.24. The number of hydrogen-bond donors (Lipinski definition) is 0. The first-order valence-electron chi connectivity index (χ1n) is 5.22. The SMILES string of the molecule is COC(=O)CC(C)Sc1c([N+](=O)[O-])ccc(F)c1F. The molecule has 1 rings (SSSR count). The maximum absolute atomic E-state index is 13.6. The average Bonchev–Trinajstić information content (AvgIpc) is 2.34. The highest BCUT2D eigenvalue weighted by molar-refractivity contribution is 8.00. The van der Waals surface area contributed by atoms with E-state index in [-0.39, 0.29) is 6.42 Å². The summed E-state index contributed by atoms with van der Waals surface area (Å²) >= 11 is 0.726. The van der Waals surface area contributed by atoms with Gasteiger partial charge in [-0.3, -0.25) is 14.9 Å². The van der Waals surface area contributed by atoms with Gasteiger partial charge in [0, 0.05) is 11.3 Å². The quantitative estimate of drug-likeness (QED) is 0.361. The van der Waals surface area contributed by atoms with Gasteiger partial charge in [-0.25, -0.2) is 8.78 Å². The molecule has 0 fully saturated rings. The van der Waals surface area contributed by atoms with E-state index in [4.69, 9.17) is 0 Å². The van der Waals surface area contributed by atoms with E-state index in [9.17, 15) is 23.7 Å². The summed E-state index contributed by atoms with van der Waals surface area (Å²) in [4.78, 5) is 20.6. The van der Waals surface area contributed by atoms with E-state index in [1.165, 1.54) is 7.11 Å². The number of hydrogen-bond acceptors (Lipinski definition) is 5. The maximum Gasteiger partial charge on any atom is 0.306 e. The molecule has 0 radical (unpaired) electrons. The number of nitro groups is 1. The summed E-state index contributed by atoms with van der Waals surface area (Å²) in [6.45, 7) is 1.57. The van der Waals surface area contributed by atoms with Gasteiger partial charge in [0.05, 0.1) is 18.5 Å². The van der Waals surface area contributed by atoms with Crippen LogP contribution in [0.2, 0.25) is 0 Å². The normalized spacial score (nSPS) is 12.0. The lowest BCUT2D eigenvalue weighted by molar-refractivity contribution is -0.388. The number of halogens is 2. The Kier molecular flexibility index (Phi) is 5.22. The van der Waals surface area contributed by atoms with Crippen molar-refractivity contribution in [2.45, 2.75) is 23.5 Å². The van der Waals surface area contributed by atoms with Crippen molar-refractivity contribution in [3.63, 3.8) is 0 Å². The highest BCUT2D eigenvalue weighted by Crippen LogP contribution is 2.36. The molecule has 5 nitrogen and oxygen atoms in total. The van der Waals surface area contributed by atoms with E-state index in [2.05, 4.69) is 4.74 Å². The van der Waals surface area contributed by atoms with E-state index in [0.29, 0.717) is 6.07 Å². The minimum atomic E-state index is -1.28. The Balaban J connectivity index is 3.02. The molecule has 0 spiro atoms. The first kappa shape index (κ1) is 15.4. The number of esters is 1. The van der Waals surface area contributed by atoms with Crippen molar-refractivity contribution in [1.29, 1.82) is 0 Å². The molecule has 0 aliphatic heterocycles. The summed E-state index contributed by atoms with van der Waals surface area (Å²) in [7, 11) is 1.20. The fourth-order valence-corrected chi connectivity index (χ4v) is 2.42. The summed E-state index contributed by atoms with van der Waals surface area (Å²) in [5.74, 6) is -2.98. The van der Waals surface area contributed by atoms with Crippen LogP contribution >= 0.6 is 11.8 Å². The van der Waals surface area contributed by atoms with Gasteiger partial charge in [-0.15, -0.1) is 11.8 Å². The molecule has 0 heterocycles. The van der Waals surface area contributed by atoms with Gasteiger partial charge < -0.3 is 4.74 Å². The van der Waals surface area contributed by atoms with Gasteiger partial charge in [-0.2, -0.15) is 0 Å². The van der Waals surface area contributed by atoms with E-state index in [1.54, 1.807) is 6.92 Å². The molecule has 0 aromatic heterocycles. The molecule has 0 aliphatic rings. The van der Waals surface area contributed by atoms with Crippen LogP contribution in [0.15, 0.2) is 17.0 Å². The molecule has 104 valence electrons. The largest absolute Gasteiger partial charge is 0.469 e. The Labute approximate surface area is 112 Å². The van der Waals surface area contributed by atoms with E-state index < -0.39 is 38.4 Å². The zero-order chi connectivity index (χ0) is 14.6. The predicted molar refractivity (Wildman–Crippen MR) is 65.0 cm³/mol. The smallest absolute Gasteiger partial charge is 0.306 e. The van der Waals surface area contributed by atoms with E-state index >= 15 is 0 Å². The monoisotopic (exact) mass is 291 g/mol. The number of rotatable bonds is 5. The fraction of sp³-hybridized carbons (Fsp3) is 0.364. The van der Waals surface area contributed by atoms with Gasteiger partial charge in [0.1, 0.15) is 4.90 Å². The molecular formula is C11H11F2NO4S. The van der Waals surface area contributed by atoms with Crippen LogP contribution in [0, 0.1) is 21.7 Å². The molecule has 1 unspecified atom stereocenters. The van der Waals surface area contributed by atoms with Crippen LogP contribution in [0.5, 0.6) is 0 Å². The summed E-state index contributed by atoms with van der Waals surface area (Å²) in [6, 6.07) is 1.59. The van der Waals surface area contributed by atoms with Crippen LogP contribution in [0.25, 0.3) is 0 Å². The Morgan fingerprint density at radius 3 is 2.68 bits per heavy atom. The lowest BCUT2D eigenvalue weighted by Gasteiger charge is -2.10. The van der Waals surface area contributed by atoms with Crippen molar-refractivity contribution in [3.05, 3.63) is 33.9 Å². The Morgan fingerprint density at radius 1 is 1.53 bits per heavy atom. The first-order chi connectivity index (χ1) is 8.86. The van der Waals surface area contributed by atoms with Crippen LogP contribution in [-0.2, 0) is 9.53 Å². The van der Waals surface area contributed by atoms with Gasteiger partial charge in [0.15, 0.2) is 11.6 Å². The van der Waals surface area contributed by atoms with Crippen LogP contribution < -0.4 is 0 Å². The molecular weight excluding hydrogens is 280 g/mol. The third kappa shape index (κ3) is 3.88. The fourth-order valence-electron chi connectivity index (χ4n) is 1.34. The maximum atomic E-state index is 13.6. The van der Waals surface area contributed by atoms with Gasteiger partial charge in [-0.1, -0.05) is 6.92 Å². The molecule has 19 heavy (non-hydrogen) atoms. The number of nitro benzene ring substituents is 1. The Hall–Kier alpha value is -1.70. The number of carbonyl (C=O) groups excluding carboxylic acids is 1. The Bertz CT molecular complexity index is 510. The number of benzene rings is 1. The van der Waals surface area contributed by atoms with E-state index in [1.807, 2.05) is 0 Å². The summed E-state index contributed by atoms with van der Waals surface area (Å²) in [5.41, 5.74) is -0.527. The van der Waals surface area contributed by atoms with Crippen molar-refractivity contribution < 1.29 is 23.2 Å². The summed E-state index contributed by atoms with van der Waals surface area (Å²) < 4.78 is 31.1. The summed E-state index contributed by atoms with van der Waals surface area (Å²) in [6.07, 6.45) is -0.0612. The molecule has 0 aliphatic carbocycles. The van der Waals surface area contributed by atoms with Gasteiger partial charge >= 0.3 is 5.97 Å². The van der Waals surface area contributed by atoms with E-state index in [0.717, 1.165) is 17.8 Å². The molecule has 0 bridgehead atoms. The second-order valence-corrected chi connectivity index (χ2v) is 5.12. The number of carbonyl (C=O) groups is 1. The number of thioether (sulfide) groups is 1. The van der Waals surface area contributed by atoms with Gasteiger partial charge in [0.2, 0.25) is 0 Å².